The molecule has 0 saturated carbocycles. The molecular weight excluding hydrogens is 506 g/mol. The number of nitrogens with zero attached hydrogens (tertiary/aromatic N) is 5. The van der Waals surface area contributed by atoms with Gasteiger partial charge < -0.3 is 14.8 Å². The van der Waals surface area contributed by atoms with Crippen molar-refractivity contribution in [3.05, 3.63) is 120 Å². The van der Waals surface area contributed by atoms with Crippen LogP contribution < -0.4 is 0 Å². The van der Waals surface area contributed by atoms with E-state index in [2.05, 4.69) is 80.4 Å². The van der Waals surface area contributed by atoms with E-state index in [1.54, 1.807) is 12.5 Å². The molecular formula is C28H20ClN5O4. The number of aromatic nitrogens is 5. The predicted molar refractivity (Wildman–Crippen MR) is 142 cm³/mol. The zero-order valence-corrected chi connectivity index (χ0v) is 20.5. The highest BCUT2D eigenvalue weighted by Gasteiger charge is 2.18. The van der Waals surface area contributed by atoms with Crippen LogP contribution in [0.1, 0.15) is 17.2 Å². The SMILES string of the molecule is Clc1ccc(C(c2ccc3c(c2)c(-c2ccccc2)cc2nncn23)n2ccnc2)cc1.O=C(O)C(=O)O. The molecule has 3 aromatic heterocycles. The standard InChI is InChI=1S/C26H18ClN5.C2H2O4/c27-21-9-6-19(7-10-21)26(31-13-12-28-16-31)20-8-11-24-23(14-20)22(18-4-2-1-3-5-18)15-25-30-29-17-32(24)25;3-1(4)2(5)6/h1-17,26H;(H,3,4)(H,5,6). The number of fused-ring (bicyclic) bond motifs is 3. The van der Waals surface area contributed by atoms with E-state index in [4.69, 9.17) is 31.4 Å². The molecule has 0 saturated heterocycles. The largest absolute Gasteiger partial charge is 0.473 e. The molecule has 0 fully saturated rings. The van der Waals surface area contributed by atoms with Gasteiger partial charge in [-0.15, -0.1) is 10.2 Å². The Morgan fingerprint density at radius 1 is 0.842 bits per heavy atom. The van der Waals surface area contributed by atoms with Crippen molar-refractivity contribution in [3.8, 4) is 11.1 Å². The Balaban J connectivity index is 0.000000443. The normalized spacial score (nSPS) is 11.6. The molecule has 0 bridgehead atoms. The van der Waals surface area contributed by atoms with E-state index in [0.29, 0.717) is 0 Å². The van der Waals surface area contributed by atoms with Crippen LogP contribution in [0.5, 0.6) is 0 Å². The molecule has 0 radical (unpaired) electrons. The molecule has 38 heavy (non-hydrogen) atoms. The highest BCUT2D eigenvalue weighted by molar-refractivity contribution is 6.30. The molecule has 1 atom stereocenters. The first kappa shape index (κ1) is 24.7. The van der Waals surface area contributed by atoms with Gasteiger partial charge >= 0.3 is 11.9 Å². The Hall–Kier alpha value is -5.02. The van der Waals surface area contributed by atoms with Crippen LogP contribution in [0.4, 0.5) is 0 Å². The number of pyridine rings is 1. The van der Waals surface area contributed by atoms with Crippen LogP contribution in [0, 0.1) is 0 Å². The van der Waals surface area contributed by atoms with Crippen molar-refractivity contribution in [2.24, 2.45) is 0 Å². The molecule has 0 aliphatic rings. The minimum Gasteiger partial charge on any atom is -0.473 e. The lowest BCUT2D eigenvalue weighted by Crippen LogP contribution is -2.10. The number of benzene rings is 3. The zero-order valence-electron chi connectivity index (χ0n) is 19.7. The third kappa shape index (κ3) is 4.95. The summed E-state index contributed by atoms with van der Waals surface area (Å²) >= 11 is 6.16. The van der Waals surface area contributed by atoms with Gasteiger partial charge in [0.2, 0.25) is 0 Å². The van der Waals surface area contributed by atoms with Crippen LogP contribution in [0.25, 0.3) is 27.7 Å². The van der Waals surface area contributed by atoms with Gasteiger partial charge in [0.15, 0.2) is 5.65 Å². The Morgan fingerprint density at radius 3 is 2.21 bits per heavy atom. The summed E-state index contributed by atoms with van der Waals surface area (Å²) in [5.74, 6) is -3.65. The third-order valence-electron chi connectivity index (χ3n) is 6.01. The second kappa shape index (κ2) is 10.5. The number of carbonyl (C=O) groups is 2. The van der Waals surface area contributed by atoms with Crippen LogP contribution >= 0.6 is 11.6 Å². The summed E-state index contributed by atoms with van der Waals surface area (Å²) in [5.41, 5.74) is 6.46. The van der Waals surface area contributed by atoms with Gasteiger partial charge in [-0.2, -0.15) is 0 Å². The second-order valence-electron chi connectivity index (χ2n) is 8.33. The average Bonchev–Trinajstić information content (AvgIpc) is 3.63. The monoisotopic (exact) mass is 525 g/mol. The van der Waals surface area contributed by atoms with Crippen molar-refractivity contribution in [1.29, 1.82) is 0 Å². The molecule has 6 aromatic rings. The van der Waals surface area contributed by atoms with Crippen molar-refractivity contribution in [1.82, 2.24) is 24.1 Å². The van der Waals surface area contributed by atoms with Crippen LogP contribution in [-0.4, -0.2) is 46.3 Å². The smallest absolute Gasteiger partial charge is 0.414 e. The molecule has 2 N–H and O–H groups in total. The number of aliphatic carboxylic acids is 2. The highest BCUT2D eigenvalue weighted by Crippen LogP contribution is 2.35. The minimum absolute atomic E-state index is 0.0283. The van der Waals surface area contributed by atoms with Gasteiger partial charge in [-0.25, -0.2) is 14.6 Å². The van der Waals surface area contributed by atoms with E-state index in [-0.39, 0.29) is 6.04 Å². The molecule has 10 heteroatoms. The van der Waals surface area contributed by atoms with Gasteiger partial charge in [0.1, 0.15) is 6.33 Å². The van der Waals surface area contributed by atoms with E-state index < -0.39 is 11.9 Å². The molecule has 3 heterocycles. The van der Waals surface area contributed by atoms with Gasteiger partial charge in [0.05, 0.1) is 17.9 Å². The van der Waals surface area contributed by atoms with Crippen molar-refractivity contribution >= 4 is 40.1 Å². The lowest BCUT2D eigenvalue weighted by molar-refractivity contribution is -0.159. The van der Waals surface area contributed by atoms with Crippen molar-refractivity contribution in [2.75, 3.05) is 0 Å². The van der Waals surface area contributed by atoms with Gasteiger partial charge in [0, 0.05) is 22.8 Å². The number of carboxylic acid groups (broad SMARTS) is 2. The zero-order chi connectivity index (χ0) is 26.6. The van der Waals surface area contributed by atoms with Gasteiger partial charge in [-0.05, 0) is 52.6 Å². The summed E-state index contributed by atoms with van der Waals surface area (Å²) in [6, 6.07) is 27.0. The Bertz CT molecular complexity index is 1720. The first-order valence-electron chi connectivity index (χ1n) is 11.4. The maximum absolute atomic E-state index is 9.10. The molecule has 9 nitrogen and oxygen atoms in total. The van der Waals surface area contributed by atoms with Crippen LogP contribution in [0.15, 0.2) is 104 Å². The molecule has 0 amide bonds. The van der Waals surface area contributed by atoms with E-state index in [9.17, 15) is 0 Å². The summed E-state index contributed by atoms with van der Waals surface area (Å²) in [4.78, 5) is 22.5. The number of hydrogen-bond acceptors (Lipinski definition) is 5. The number of carboxylic acids is 2. The predicted octanol–water partition coefficient (Wildman–Crippen LogP) is 5.19. The highest BCUT2D eigenvalue weighted by atomic mass is 35.5. The molecule has 0 aliphatic heterocycles. The summed E-state index contributed by atoms with van der Waals surface area (Å²) in [6.07, 6.45) is 7.41. The molecule has 188 valence electrons. The molecule has 6 rings (SSSR count). The Labute approximate surface area is 221 Å². The molecule has 1 unspecified atom stereocenters. The van der Waals surface area contributed by atoms with Gasteiger partial charge in [-0.3, -0.25) is 4.40 Å². The first-order valence-corrected chi connectivity index (χ1v) is 11.8. The van der Waals surface area contributed by atoms with Gasteiger partial charge in [0.25, 0.3) is 0 Å². The van der Waals surface area contributed by atoms with Crippen LogP contribution in [0.3, 0.4) is 0 Å². The van der Waals surface area contributed by atoms with Crippen molar-refractivity contribution < 1.29 is 19.8 Å². The summed E-state index contributed by atoms with van der Waals surface area (Å²) in [7, 11) is 0. The molecule has 0 aliphatic carbocycles. The minimum atomic E-state index is -1.82. The number of hydrogen-bond donors (Lipinski definition) is 2. The quantitative estimate of drug-likeness (QED) is 0.303. The number of imidazole rings is 1. The second-order valence-corrected chi connectivity index (χ2v) is 8.77. The fourth-order valence-electron chi connectivity index (χ4n) is 4.34. The first-order chi connectivity index (χ1) is 18.4. The Morgan fingerprint density at radius 2 is 1.55 bits per heavy atom. The number of rotatable bonds is 4. The topological polar surface area (TPSA) is 123 Å². The maximum Gasteiger partial charge on any atom is 0.414 e. The Kier molecular flexibility index (Phi) is 6.84. The molecule has 0 spiro atoms. The maximum atomic E-state index is 9.10. The lowest BCUT2D eigenvalue weighted by atomic mass is 9.94. The van der Waals surface area contributed by atoms with E-state index in [1.807, 2.05) is 35.1 Å². The summed E-state index contributed by atoms with van der Waals surface area (Å²) in [6.45, 7) is 0. The van der Waals surface area contributed by atoms with E-state index >= 15 is 0 Å². The average molecular weight is 526 g/mol. The van der Waals surface area contributed by atoms with Crippen LogP contribution in [-0.2, 0) is 9.59 Å². The fraction of sp³-hybridized carbons (Fsp3) is 0.0357. The van der Waals surface area contributed by atoms with Gasteiger partial charge in [-0.1, -0.05) is 60.1 Å². The number of halogens is 1. The third-order valence-corrected chi connectivity index (χ3v) is 6.26. The summed E-state index contributed by atoms with van der Waals surface area (Å²) in [5, 5.41) is 25.1. The van der Waals surface area contributed by atoms with Crippen molar-refractivity contribution in [2.45, 2.75) is 6.04 Å². The fourth-order valence-corrected chi connectivity index (χ4v) is 4.47. The van der Waals surface area contributed by atoms with E-state index in [1.165, 1.54) is 0 Å². The van der Waals surface area contributed by atoms with Crippen LogP contribution in [0.2, 0.25) is 5.02 Å². The van der Waals surface area contributed by atoms with E-state index in [0.717, 1.165) is 43.8 Å². The lowest BCUT2D eigenvalue weighted by Gasteiger charge is -2.21. The van der Waals surface area contributed by atoms with Crippen molar-refractivity contribution in [3.63, 3.8) is 0 Å². The summed E-state index contributed by atoms with van der Waals surface area (Å²) < 4.78 is 4.14. The molecule has 3 aromatic carbocycles.